The Bertz CT molecular complexity index is 693. The number of nitrogens with zero attached hydrogens (tertiary/aromatic N) is 3. The van der Waals surface area contributed by atoms with E-state index < -0.39 is 0 Å². The number of alkyl halides is 1. The number of hydrogen-bond acceptors (Lipinski definition) is 5. The van der Waals surface area contributed by atoms with E-state index in [1.54, 1.807) is 12.3 Å². The van der Waals surface area contributed by atoms with Crippen molar-refractivity contribution in [2.75, 3.05) is 23.4 Å². The van der Waals surface area contributed by atoms with Gasteiger partial charge in [-0.1, -0.05) is 24.3 Å². The number of halogens is 1. The molecule has 1 aromatic heterocycles. The van der Waals surface area contributed by atoms with Crippen LogP contribution in [0, 0.1) is 0 Å². The number of carbonyl (C=O) groups excluding carboxylic acids is 1. The average molecular weight is 333 g/mol. The Balaban J connectivity index is 1.72. The lowest BCUT2D eigenvalue weighted by molar-refractivity contribution is 0.181. The van der Waals surface area contributed by atoms with Gasteiger partial charge in [0, 0.05) is 12.1 Å². The summed E-state index contributed by atoms with van der Waals surface area (Å²) in [6.07, 6.45) is 1.25. The van der Waals surface area contributed by atoms with Gasteiger partial charge < -0.3 is 10.1 Å². The second kappa shape index (κ2) is 6.83. The Labute approximate surface area is 139 Å². The van der Waals surface area contributed by atoms with Crippen LogP contribution in [0.5, 0.6) is 0 Å². The molecule has 0 aliphatic carbocycles. The van der Waals surface area contributed by atoms with Crippen LogP contribution in [0.2, 0.25) is 0 Å². The predicted octanol–water partition coefficient (Wildman–Crippen LogP) is 3.35. The van der Waals surface area contributed by atoms with E-state index in [2.05, 4.69) is 15.3 Å². The number of aromatic nitrogens is 2. The van der Waals surface area contributed by atoms with Gasteiger partial charge in [-0.3, -0.25) is 4.90 Å². The topological polar surface area (TPSA) is 67.3 Å². The van der Waals surface area contributed by atoms with Crippen LogP contribution >= 0.6 is 11.6 Å². The highest BCUT2D eigenvalue weighted by molar-refractivity contribution is 6.17. The number of ether oxygens (including phenoxy) is 1. The molecule has 1 amide bonds. The summed E-state index contributed by atoms with van der Waals surface area (Å²) in [6, 6.07) is 9.77. The Morgan fingerprint density at radius 3 is 2.78 bits per heavy atom. The van der Waals surface area contributed by atoms with Gasteiger partial charge in [0.15, 0.2) is 0 Å². The minimum Gasteiger partial charge on any atom is -0.447 e. The SMILES string of the molecule is CC(Nc1nccc(N2CCOC2=O)n1)c1ccc(CCl)cc1. The molecule has 3 rings (SSSR count). The monoisotopic (exact) mass is 332 g/mol. The molecule has 1 atom stereocenters. The van der Waals surface area contributed by atoms with Crippen molar-refractivity contribution in [3.05, 3.63) is 47.7 Å². The highest BCUT2D eigenvalue weighted by atomic mass is 35.5. The second-order valence-electron chi connectivity index (χ2n) is 5.25. The molecule has 2 heterocycles. The van der Waals surface area contributed by atoms with E-state index in [1.807, 2.05) is 31.2 Å². The van der Waals surface area contributed by atoms with Gasteiger partial charge in [0.2, 0.25) is 5.95 Å². The third-order valence-electron chi connectivity index (χ3n) is 3.66. The van der Waals surface area contributed by atoms with Crippen molar-refractivity contribution in [3.63, 3.8) is 0 Å². The largest absolute Gasteiger partial charge is 0.447 e. The first-order chi connectivity index (χ1) is 11.2. The van der Waals surface area contributed by atoms with Crippen LogP contribution in [0.4, 0.5) is 16.6 Å². The van der Waals surface area contributed by atoms with Crippen molar-refractivity contribution < 1.29 is 9.53 Å². The zero-order chi connectivity index (χ0) is 16.2. The number of carbonyl (C=O) groups is 1. The molecule has 0 spiro atoms. The van der Waals surface area contributed by atoms with Crippen molar-refractivity contribution in [3.8, 4) is 0 Å². The molecule has 2 aromatic rings. The molecule has 1 saturated heterocycles. The maximum absolute atomic E-state index is 11.6. The summed E-state index contributed by atoms with van der Waals surface area (Å²) in [5, 5.41) is 3.24. The van der Waals surface area contributed by atoms with Gasteiger partial charge in [0.25, 0.3) is 0 Å². The molecule has 0 bridgehead atoms. The Morgan fingerprint density at radius 2 is 2.13 bits per heavy atom. The maximum atomic E-state index is 11.6. The molecule has 6 nitrogen and oxygen atoms in total. The molecule has 1 aliphatic rings. The fraction of sp³-hybridized carbons (Fsp3) is 0.312. The highest BCUT2D eigenvalue weighted by Crippen LogP contribution is 2.21. The zero-order valence-electron chi connectivity index (χ0n) is 12.7. The summed E-state index contributed by atoms with van der Waals surface area (Å²) in [5.74, 6) is 1.50. The van der Waals surface area contributed by atoms with Gasteiger partial charge in [0.05, 0.1) is 12.6 Å². The first kappa shape index (κ1) is 15.6. The molecule has 1 aliphatic heterocycles. The summed E-state index contributed by atoms with van der Waals surface area (Å²) in [5.41, 5.74) is 2.18. The molecule has 1 aromatic carbocycles. The van der Waals surface area contributed by atoms with E-state index in [-0.39, 0.29) is 12.1 Å². The van der Waals surface area contributed by atoms with Crippen LogP contribution in [0.1, 0.15) is 24.1 Å². The van der Waals surface area contributed by atoms with Crippen LogP contribution in [-0.2, 0) is 10.6 Å². The summed E-state index contributed by atoms with van der Waals surface area (Å²) >= 11 is 5.80. The minimum atomic E-state index is -0.376. The molecule has 1 N–H and O–H groups in total. The Hall–Kier alpha value is -2.34. The number of anilines is 2. The predicted molar refractivity (Wildman–Crippen MR) is 88.8 cm³/mol. The van der Waals surface area contributed by atoms with Crippen LogP contribution in [0.3, 0.4) is 0 Å². The standard InChI is InChI=1S/C16H17ClN4O2/c1-11(13-4-2-12(10-17)3-5-13)19-15-18-7-6-14(20-15)21-8-9-23-16(21)22/h2-7,11H,8-10H2,1H3,(H,18,19,20). The zero-order valence-corrected chi connectivity index (χ0v) is 13.5. The van der Waals surface area contributed by atoms with Crippen molar-refractivity contribution in [2.45, 2.75) is 18.8 Å². The first-order valence-electron chi connectivity index (χ1n) is 7.36. The number of nitrogens with one attached hydrogen (secondary N) is 1. The van der Waals surface area contributed by atoms with E-state index in [1.165, 1.54) is 4.90 Å². The maximum Gasteiger partial charge on any atom is 0.415 e. The normalized spacial score (nSPS) is 15.4. The molecule has 23 heavy (non-hydrogen) atoms. The highest BCUT2D eigenvalue weighted by Gasteiger charge is 2.25. The lowest BCUT2D eigenvalue weighted by atomic mass is 10.1. The van der Waals surface area contributed by atoms with Crippen molar-refractivity contribution >= 4 is 29.5 Å². The van der Waals surface area contributed by atoms with Crippen molar-refractivity contribution in [1.29, 1.82) is 0 Å². The van der Waals surface area contributed by atoms with Crippen LogP contribution in [0.15, 0.2) is 36.5 Å². The fourth-order valence-electron chi connectivity index (χ4n) is 2.34. The van der Waals surface area contributed by atoms with E-state index in [0.29, 0.717) is 30.8 Å². The molecule has 7 heteroatoms. The first-order valence-corrected chi connectivity index (χ1v) is 7.89. The summed E-state index contributed by atoms with van der Waals surface area (Å²) in [6.45, 7) is 2.91. The second-order valence-corrected chi connectivity index (χ2v) is 5.51. The molecular formula is C16H17ClN4O2. The third kappa shape index (κ3) is 3.53. The van der Waals surface area contributed by atoms with E-state index in [0.717, 1.165) is 11.1 Å². The quantitative estimate of drug-likeness (QED) is 0.850. The molecule has 120 valence electrons. The molecule has 1 fully saturated rings. The smallest absolute Gasteiger partial charge is 0.415 e. The number of cyclic esters (lactones) is 1. The van der Waals surface area contributed by atoms with Gasteiger partial charge >= 0.3 is 6.09 Å². The Kier molecular flexibility index (Phi) is 4.62. The van der Waals surface area contributed by atoms with Gasteiger partial charge in [-0.05, 0) is 24.1 Å². The van der Waals surface area contributed by atoms with Gasteiger partial charge in [-0.15, -0.1) is 11.6 Å². The molecular weight excluding hydrogens is 316 g/mol. The molecule has 0 radical (unpaired) electrons. The third-order valence-corrected chi connectivity index (χ3v) is 3.97. The van der Waals surface area contributed by atoms with E-state index >= 15 is 0 Å². The number of amides is 1. The van der Waals surface area contributed by atoms with Gasteiger partial charge in [0.1, 0.15) is 12.4 Å². The number of benzene rings is 1. The summed E-state index contributed by atoms with van der Waals surface area (Å²) in [4.78, 5) is 21.7. The van der Waals surface area contributed by atoms with Gasteiger partial charge in [-0.2, -0.15) is 4.98 Å². The van der Waals surface area contributed by atoms with Crippen LogP contribution in [-0.4, -0.2) is 29.2 Å². The summed E-state index contributed by atoms with van der Waals surface area (Å²) < 4.78 is 4.93. The van der Waals surface area contributed by atoms with E-state index in [9.17, 15) is 4.79 Å². The fourth-order valence-corrected chi connectivity index (χ4v) is 2.52. The molecule has 1 unspecified atom stereocenters. The lowest BCUT2D eigenvalue weighted by Gasteiger charge is -2.16. The Morgan fingerprint density at radius 1 is 1.35 bits per heavy atom. The molecule has 0 saturated carbocycles. The van der Waals surface area contributed by atoms with Crippen molar-refractivity contribution in [1.82, 2.24) is 9.97 Å². The number of hydrogen-bond donors (Lipinski definition) is 1. The number of rotatable bonds is 5. The summed E-state index contributed by atoms with van der Waals surface area (Å²) in [7, 11) is 0. The van der Waals surface area contributed by atoms with E-state index in [4.69, 9.17) is 16.3 Å². The average Bonchev–Trinajstić information content (AvgIpc) is 3.01. The lowest BCUT2D eigenvalue weighted by Crippen LogP contribution is -2.25. The minimum absolute atomic E-state index is 0.0279. The van der Waals surface area contributed by atoms with Gasteiger partial charge in [-0.25, -0.2) is 9.78 Å². The van der Waals surface area contributed by atoms with Crippen LogP contribution in [0.25, 0.3) is 0 Å². The van der Waals surface area contributed by atoms with Crippen LogP contribution < -0.4 is 10.2 Å². The van der Waals surface area contributed by atoms with Crippen molar-refractivity contribution in [2.24, 2.45) is 0 Å².